The number of nitrogens with zero attached hydrogens (tertiary/aromatic N) is 2. The molecule has 0 unspecified atom stereocenters. The number of amides is 1. The number of esters is 1. The number of hydrogen-bond donors (Lipinski definition) is 1. The average molecular weight is 439 g/mol. The molecule has 1 aliphatic heterocycles. The van der Waals surface area contributed by atoms with Crippen molar-refractivity contribution in [2.24, 2.45) is 0 Å². The molecule has 0 spiro atoms. The lowest BCUT2D eigenvalue weighted by Gasteiger charge is -2.26. The summed E-state index contributed by atoms with van der Waals surface area (Å²) in [5, 5.41) is 0.504. The zero-order valence-electron chi connectivity index (χ0n) is 17.9. The van der Waals surface area contributed by atoms with E-state index in [-0.39, 0.29) is 24.1 Å². The molecule has 1 aromatic heterocycles. The summed E-state index contributed by atoms with van der Waals surface area (Å²) in [6, 6.07) is 21.6. The van der Waals surface area contributed by atoms with Gasteiger partial charge < -0.3 is 14.6 Å². The Morgan fingerprint density at radius 2 is 1.82 bits per heavy atom. The third kappa shape index (κ3) is 4.01. The maximum Gasteiger partial charge on any atom is 0.339 e. The number of H-pyrrole nitrogens is 1. The molecule has 1 amide bonds. The lowest BCUT2D eigenvalue weighted by atomic mass is 9.93. The molecule has 0 saturated carbocycles. The minimum atomic E-state index is -0.393. The van der Waals surface area contributed by atoms with Crippen molar-refractivity contribution in [1.29, 1.82) is 0 Å². The number of aromatic nitrogens is 2. The van der Waals surface area contributed by atoms with Gasteiger partial charge in [0.05, 0.1) is 23.0 Å². The normalized spacial score (nSPS) is 15.1. The number of nitrogens with one attached hydrogen (secondary N) is 1. The van der Waals surface area contributed by atoms with E-state index in [0.717, 1.165) is 11.1 Å². The quantitative estimate of drug-likeness (QED) is 0.490. The summed E-state index contributed by atoms with van der Waals surface area (Å²) in [6.45, 7) is 0.144. The van der Waals surface area contributed by atoms with Gasteiger partial charge in [0.25, 0.3) is 11.5 Å². The summed E-state index contributed by atoms with van der Waals surface area (Å²) in [4.78, 5) is 46.6. The molecule has 0 saturated heterocycles. The summed E-state index contributed by atoms with van der Waals surface area (Å²) in [7, 11) is 1.65. The number of benzene rings is 3. The molecule has 2 heterocycles. The fourth-order valence-corrected chi connectivity index (χ4v) is 4.11. The zero-order chi connectivity index (χ0) is 22.9. The molecule has 1 aliphatic rings. The van der Waals surface area contributed by atoms with Crippen molar-refractivity contribution >= 4 is 22.8 Å². The first kappa shape index (κ1) is 20.6. The Bertz CT molecular complexity index is 1430. The Kier molecular flexibility index (Phi) is 5.22. The Hall–Kier alpha value is -4.26. The highest BCUT2D eigenvalue weighted by atomic mass is 16.5. The van der Waals surface area contributed by atoms with E-state index in [9.17, 15) is 14.4 Å². The number of carbonyl (C=O) groups is 2. The first-order valence-electron chi connectivity index (χ1n) is 10.6. The van der Waals surface area contributed by atoms with Gasteiger partial charge in [-0.1, -0.05) is 42.5 Å². The molecule has 0 fully saturated rings. The Morgan fingerprint density at radius 1 is 1.06 bits per heavy atom. The lowest BCUT2D eigenvalue weighted by Crippen LogP contribution is -2.29. The van der Waals surface area contributed by atoms with Crippen molar-refractivity contribution in [3.8, 4) is 0 Å². The fourth-order valence-electron chi connectivity index (χ4n) is 4.11. The molecule has 0 radical (unpaired) electrons. The fraction of sp³-hybridized carbons (Fsp3) is 0.154. The highest BCUT2D eigenvalue weighted by Gasteiger charge is 2.28. The highest BCUT2D eigenvalue weighted by Crippen LogP contribution is 2.31. The summed E-state index contributed by atoms with van der Waals surface area (Å²) in [5.41, 5.74) is 2.96. The van der Waals surface area contributed by atoms with Gasteiger partial charge in [-0.15, -0.1) is 0 Å². The van der Waals surface area contributed by atoms with E-state index in [0.29, 0.717) is 34.3 Å². The highest BCUT2D eigenvalue weighted by molar-refractivity contribution is 5.97. The number of hydrogen-bond acceptors (Lipinski definition) is 5. The Balaban J connectivity index is 1.38. The van der Waals surface area contributed by atoms with Crippen LogP contribution in [0.4, 0.5) is 0 Å². The van der Waals surface area contributed by atoms with Crippen LogP contribution in [0.25, 0.3) is 10.9 Å². The molecular formula is C26H21N3O4. The lowest BCUT2D eigenvalue weighted by molar-refractivity contribution is 0.0252. The van der Waals surface area contributed by atoms with Crippen molar-refractivity contribution in [1.82, 2.24) is 14.9 Å². The minimum Gasteiger partial charge on any atom is -0.454 e. The zero-order valence-corrected chi connectivity index (χ0v) is 17.9. The summed E-state index contributed by atoms with van der Waals surface area (Å²) in [5.74, 6) is -0.223. The first-order chi connectivity index (χ1) is 16.0. The maximum absolute atomic E-state index is 13.1. The second-order valence-electron chi connectivity index (χ2n) is 8.07. The minimum absolute atomic E-state index is 0.144. The molecule has 4 aromatic rings. The van der Waals surface area contributed by atoms with E-state index in [1.807, 2.05) is 36.4 Å². The van der Waals surface area contributed by atoms with Crippen LogP contribution in [0, 0.1) is 0 Å². The van der Waals surface area contributed by atoms with E-state index in [1.165, 1.54) is 4.90 Å². The van der Waals surface area contributed by atoms with Crippen molar-refractivity contribution in [2.45, 2.75) is 19.1 Å². The average Bonchev–Trinajstić information content (AvgIpc) is 2.83. The van der Waals surface area contributed by atoms with E-state index < -0.39 is 5.97 Å². The third-order valence-corrected chi connectivity index (χ3v) is 5.79. The van der Waals surface area contributed by atoms with E-state index in [1.54, 1.807) is 43.4 Å². The topological polar surface area (TPSA) is 92.4 Å². The van der Waals surface area contributed by atoms with Crippen molar-refractivity contribution < 1.29 is 14.3 Å². The van der Waals surface area contributed by atoms with Crippen molar-refractivity contribution in [2.75, 3.05) is 7.05 Å². The van der Waals surface area contributed by atoms with Gasteiger partial charge >= 0.3 is 5.97 Å². The van der Waals surface area contributed by atoms with Crippen LogP contribution in [-0.2, 0) is 17.7 Å². The predicted octanol–water partition coefficient (Wildman–Crippen LogP) is 3.65. The Labute approximate surface area is 189 Å². The van der Waals surface area contributed by atoms with Crippen molar-refractivity contribution in [3.05, 3.63) is 111 Å². The number of cyclic esters (lactones) is 1. The van der Waals surface area contributed by atoms with Gasteiger partial charge in [-0.05, 0) is 41.5 Å². The van der Waals surface area contributed by atoms with Gasteiger partial charge in [-0.2, -0.15) is 0 Å². The van der Waals surface area contributed by atoms with E-state index in [4.69, 9.17) is 4.74 Å². The van der Waals surface area contributed by atoms with Gasteiger partial charge in [0.15, 0.2) is 0 Å². The van der Waals surface area contributed by atoms with Crippen LogP contribution < -0.4 is 5.56 Å². The van der Waals surface area contributed by atoms with Gasteiger partial charge in [-0.3, -0.25) is 9.59 Å². The van der Waals surface area contributed by atoms with Crippen LogP contribution in [0.3, 0.4) is 0 Å². The van der Waals surface area contributed by atoms with E-state index in [2.05, 4.69) is 9.97 Å². The van der Waals surface area contributed by atoms with Gasteiger partial charge in [0.2, 0.25) is 0 Å². The summed E-state index contributed by atoms with van der Waals surface area (Å²) in [6.07, 6.45) is 0.108. The molecule has 1 atom stereocenters. The number of fused-ring (bicyclic) bond motifs is 2. The Morgan fingerprint density at radius 3 is 2.64 bits per heavy atom. The maximum atomic E-state index is 13.1. The number of rotatable bonds is 4. The molecule has 164 valence electrons. The van der Waals surface area contributed by atoms with Gasteiger partial charge in [0.1, 0.15) is 11.9 Å². The third-order valence-electron chi connectivity index (χ3n) is 5.79. The SMILES string of the molecule is CN(Cc1nc2ccccc2c(=O)[nH]1)C(=O)c1ccc2c(c1)C[C@H](c1ccccc1)OC2=O. The van der Waals surface area contributed by atoms with Crippen LogP contribution in [0.1, 0.15) is 43.8 Å². The molecule has 0 bridgehead atoms. The van der Waals surface area contributed by atoms with Gasteiger partial charge in [-0.25, -0.2) is 9.78 Å². The molecule has 3 aromatic carbocycles. The molecular weight excluding hydrogens is 418 g/mol. The monoisotopic (exact) mass is 439 g/mol. The van der Waals surface area contributed by atoms with Crippen molar-refractivity contribution in [3.63, 3.8) is 0 Å². The summed E-state index contributed by atoms with van der Waals surface area (Å²) >= 11 is 0. The number of ether oxygens (including phenoxy) is 1. The number of aromatic amines is 1. The predicted molar refractivity (Wildman–Crippen MR) is 123 cm³/mol. The van der Waals surface area contributed by atoms with Crippen LogP contribution in [-0.4, -0.2) is 33.8 Å². The van der Waals surface area contributed by atoms with Crippen LogP contribution in [0.5, 0.6) is 0 Å². The second-order valence-corrected chi connectivity index (χ2v) is 8.07. The molecule has 5 rings (SSSR count). The molecule has 33 heavy (non-hydrogen) atoms. The van der Waals surface area contributed by atoms with Crippen LogP contribution in [0.2, 0.25) is 0 Å². The first-order valence-corrected chi connectivity index (χ1v) is 10.6. The molecule has 7 heteroatoms. The molecule has 0 aliphatic carbocycles. The molecule has 7 nitrogen and oxygen atoms in total. The molecule has 1 N–H and O–H groups in total. The number of carbonyl (C=O) groups excluding carboxylic acids is 2. The second kappa shape index (κ2) is 8.35. The van der Waals surface area contributed by atoms with Crippen LogP contribution >= 0.6 is 0 Å². The van der Waals surface area contributed by atoms with Gasteiger partial charge in [0, 0.05) is 19.0 Å². The smallest absolute Gasteiger partial charge is 0.339 e. The van der Waals surface area contributed by atoms with E-state index >= 15 is 0 Å². The largest absolute Gasteiger partial charge is 0.454 e. The summed E-state index contributed by atoms with van der Waals surface area (Å²) < 4.78 is 5.60. The van der Waals surface area contributed by atoms with Crippen LogP contribution in [0.15, 0.2) is 77.6 Å². The standard InChI is InChI=1S/C26H21N3O4/c1-29(15-23-27-21-10-6-5-9-20(21)24(30)28-23)25(31)17-11-12-19-18(13-17)14-22(33-26(19)32)16-7-3-2-4-8-16/h2-13,22H,14-15H2,1H3,(H,27,28,30)/t22-/m1/s1. The number of para-hydroxylation sites is 1.